The molecule has 0 saturated heterocycles. The van der Waals surface area contributed by atoms with Crippen molar-refractivity contribution >= 4 is 37.7 Å². The number of hydrogen-bond acceptors (Lipinski definition) is 7. The Kier molecular flexibility index (Phi) is 5.62. The maximum absolute atomic E-state index is 6.06. The molecule has 1 aliphatic rings. The zero-order chi connectivity index (χ0) is 19.5. The molecule has 0 radical (unpaired) electrons. The number of nitrogen functional groups attached to an aromatic ring is 1. The summed E-state index contributed by atoms with van der Waals surface area (Å²) in [6.45, 7) is 0.559. The molecule has 10 heteroatoms. The number of nitrogens with zero attached hydrogens (tertiary/aromatic N) is 4. The highest BCUT2D eigenvalue weighted by molar-refractivity contribution is 7.26. The van der Waals surface area contributed by atoms with E-state index in [2.05, 4.69) is 27.1 Å². The summed E-state index contributed by atoms with van der Waals surface area (Å²) in [6.07, 6.45) is 6.87. The normalized spacial score (nSPS) is 19.1. The summed E-state index contributed by atoms with van der Waals surface area (Å²) in [6, 6.07) is 7.45. The summed E-state index contributed by atoms with van der Waals surface area (Å²) in [4.78, 5) is 12.8. The number of imidazole rings is 1. The van der Waals surface area contributed by atoms with E-state index in [1.807, 2.05) is 22.8 Å². The lowest BCUT2D eigenvalue weighted by Gasteiger charge is -2.14. The van der Waals surface area contributed by atoms with Gasteiger partial charge >= 0.3 is 0 Å². The number of methoxy groups -OCH3 is 1. The number of rotatable bonds is 7. The number of hydrogen-bond donors (Lipinski definition) is 1. The van der Waals surface area contributed by atoms with Crippen molar-refractivity contribution in [3.05, 3.63) is 47.8 Å². The predicted molar refractivity (Wildman–Crippen MR) is 109 cm³/mol. The molecule has 0 amide bonds. The molecular weight excluding hydrogens is 401 g/mol. The van der Waals surface area contributed by atoms with Gasteiger partial charge in [-0.1, -0.05) is 35.9 Å². The highest BCUT2D eigenvalue weighted by Crippen LogP contribution is 2.34. The van der Waals surface area contributed by atoms with Crippen LogP contribution in [0.15, 0.2) is 42.7 Å². The van der Waals surface area contributed by atoms with Gasteiger partial charge in [-0.05, 0) is 18.6 Å². The number of aromatic nitrogens is 4. The molecule has 0 saturated carbocycles. The lowest BCUT2D eigenvalue weighted by molar-refractivity contribution is 0.278. The summed E-state index contributed by atoms with van der Waals surface area (Å²) < 4.78 is 18.5. The number of ether oxygens (including phenoxy) is 1. The van der Waals surface area contributed by atoms with Crippen LogP contribution >= 0.6 is 20.6 Å². The van der Waals surface area contributed by atoms with Crippen LogP contribution in [-0.2, 0) is 4.52 Å². The Morgan fingerprint density at radius 3 is 2.96 bits per heavy atom. The van der Waals surface area contributed by atoms with Crippen LogP contribution in [0.5, 0.6) is 11.6 Å². The van der Waals surface area contributed by atoms with E-state index in [0.717, 1.165) is 6.42 Å². The van der Waals surface area contributed by atoms with Gasteiger partial charge in [0, 0.05) is 5.92 Å². The fraction of sp³-hybridized carbons (Fsp3) is 0.278. The van der Waals surface area contributed by atoms with Gasteiger partial charge in [-0.3, -0.25) is 0 Å². The van der Waals surface area contributed by atoms with Gasteiger partial charge in [0.05, 0.1) is 31.1 Å². The topological polar surface area (TPSA) is 97.3 Å². The molecule has 146 valence electrons. The van der Waals surface area contributed by atoms with Gasteiger partial charge in [0.1, 0.15) is 5.75 Å². The zero-order valence-corrected chi connectivity index (χ0v) is 16.8. The van der Waals surface area contributed by atoms with Gasteiger partial charge in [0.25, 0.3) is 0 Å². The Labute approximate surface area is 168 Å². The number of para-hydroxylation sites is 1. The van der Waals surface area contributed by atoms with Crippen LogP contribution in [0, 0.1) is 5.92 Å². The molecule has 4 rings (SSSR count). The summed E-state index contributed by atoms with van der Waals surface area (Å²) in [5.41, 5.74) is 7.04. The van der Waals surface area contributed by atoms with Crippen molar-refractivity contribution < 1.29 is 13.8 Å². The quantitative estimate of drug-likeness (QED) is 0.353. The second kappa shape index (κ2) is 8.31. The van der Waals surface area contributed by atoms with Crippen molar-refractivity contribution in [3.63, 3.8) is 0 Å². The number of fused-ring (bicyclic) bond motifs is 1. The predicted octanol–water partition coefficient (Wildman–Crippen LogP) is 3.79. The van der Waals surface area contributed by atoms with Crippen molar-refractivity contribution in [2.75, 3.05) is 19.5 Å². The van der Waals surface area contributed by atoms with Crippen LogP contribution in [0.4, 0.5) is 5.95 Å². The molecule has 0 spiro atoms. The monoisotopic (exact) mass is 419 g/mol. The Hall–Kier alpha value is -2.41. The maximum Gasteiger partial charge on any atom is 0.246 e. The highest BCUT2D eigenvalue weighted by atomic mass is 35.5. The van der Waals surface area contributed by atoms with Crippen LogP contribution < -0.4 is 15.0 Å². The molecule has 2 heterocycles. The fourth-order valence-electron chi connectivity index (χ4n) is 3.12. The second-order valence-electron chi connectivity index (χ2n) is 6.29. The van der Waals surface area contributed by atoms with E-state index in [0.29, 0.717) is 34.4 Å². The Morgan fingerprint density at radius 2 is 2.14 bits per heavy atom. The second-order valence-corrected chi connectivity index (χ2v) is 7.36. The van der Waals surface area contributed by atoms with E-state index in [9.17, 15) is 0 Å². The van der Waals surface area contributed by atoms with Gasteiger partial charge in [-0.15, -0.1) is 0 Å². The molecule has 0 aliphatic heterocycles. The van der Waals surface area contributed by atoms with Crippen molar-refractivity contribution in [2.45, 2.75) is 12.5 Å². The summed E-state index contributed by atoms with van der Waals surface area (Å²) >= 11 is 6.06. The van der Waals surface area contributed by atoms with Gasteiger partial charge < -0.3 is 24.1 Å². The Balaban J connectivity index is 1.35. The zero-order valence-electron chi connectivity index (χ0n) is 15.1. The van der Waals surface area contributed by atoms with E-state index >= 15 is 0 Å². The maximum atomic E-state index is 6.06. The first-order chi connectivity index (χ1) is 13.7. The van der Waals surface area contributed by atoms with E-state index in [4.69, 9.17) is 31.1 Å². The van der Waals surface area contributed by atoms with Crippen molar-refractivity contribution in [1.82, 2.24) is 19.5 Å². The number of halogens is 1. The van der Waals surface area contributed by atoms with Gasteiger partial charge in [-0.25, -0.2) is 4.98 Å². The van der Waals surface area contributed by atoms with Crippen molar-refractivity contribution in [2.24, 2.45) is 5.92 Å². The molecular formula is C18H19ClN5O3P. The average Bonchev–Trinajstić information content (AvgIpc) is 3.32. The molecule has 3 aromatic rings. The molecule has 2 N–H and O–H groups in total. The van der Waals surface area contributed by atoms with Gasteiger partial charge in [0.2, 0.25) is 20.9 Å². The highest BCUT2D eigenvalue weighted by Gasteiger charge is 2.24. The average molecular weight is 420 g/mol. The first-order valence-corrected chi connectivity index (χ1v) is 9.85. The minimum atomic E-state index is -0.113. The minimum Gasteiger partial charge on any atom is -0.479 e. The number of nitrogens with two attached hydrogens (primary N) is 1. The van der Waals surface area contributed by atoms with Crippen molar-refractivity contribution in [1.29, 1.82) is 0 Å². The lowest BCUT2D eigenvalue weighted by Crippen LogP contribution is -2.09. The largest absolute Gasteiger partial charge is 0.479 e. The fourth-order valence-corrected chi connectivity index (χ4v) is 3.97. The molecule has 8 nitrogen and oxygen atoms in total. The SMILES string of the molecule is COc1nc(N)nc2c1ncn2[C@H]1C=C[C@@H](COPOc2ccccc2Cl)C1. The third-order valence-electron chi connectivity index (χ3n) is 4.45. The van der Waals surface area contributed by atoms with E-state index in [1.165, 1.54) is 7.11 Å². The minimum absolute atomic E-state index is 0.113. The standard InChI is InChI=1S/C18H19ClN5O3P/c1-25-17-15-16(22-18(20)23-17)24(10-21-15)12-7-6-11(8-12)9-26-28-27-14-5-3-2-4-13(14)19/h2-7,10-12,28H,8-9H2,1H3,(H2,20,22,23)/t11-,12+/m1/s1. The van der Waals surface area contributed by atoms with Gasteiger partial charge in [0.15, 0.2) is 11.2 Å². The molecule has 0 bridgehead atoms. The number of benzene rings is 1. The van der Waals surface area contributed by atoms with E-state index in [-0.39, 0.29) is 26.9 Å². The number of allylic oxidation sites excluding steroid dienone is 1. The molecule has 3 atom stereocenters. The van der Waals surface area contributed by atoms with Crippen LogP contribution in [-0.4, -0.2) is 33.2 Å². The molecule has 1 aromatic carbocycles. The van der Waals surface area contributed by atoms with Crippen LogP contribution in [0.25, 0.3) is 11.2 Å². The third-order valence-corrected chi connectivity index (χ3v) is 5.35. The summed E-state index contributed by atoms with van der Waals surface area (Å²) in [5.74, 6) is 1.43. The van der Waals surface area contributed by atoms with Gasteiger partial charge in [-0.2, -0.15) is 9.97 Å². The first kappa shape index (κ1) is 18.9. The Morgan fingerprint density at radius 1 is 1.29 bits per heavy atom. The molecule has 1 aliphatic carbocycles. The summed E-state index contributed by atoms with van der Waals surface area (Å²) in [7, 11) is 1.42. The smallest absolute Gasteiger partial charge is 0.246 e. The molecule has 28 heavy (non-hydrogen) atoms. The van der Waals surface area contributed by atoms with E-state index in [1.54, 1.807) is 12.4 Å². The Bertz CT molecular complexity index is 1010. The molecule has 1 unspecified atom stereocenters. The summed E-state index contributed by atoms with van der Waals surface area (Å²) in [5, 5.41) is 0.572. The molecule has 0 fully saturated rings. The van der Waals surface area contributed by atoms with Crippen LogP contribution in [0.2, 0.25) is 5.02 Å². The van der Waals surface area contributed by atoms with Crippen molar-refractivity contribution in [3.8, 4) is 11.6 Å². The first-order valence-electron chi connectivity index (χ1n) is 8.66. The van der Waals surface area contributed by atoms with Crippen LogP contribution in [0.1, 0.15) is 12.5 Å². The molecule has 2 aromatic heterocycles. The number of anilines is 1. The third kappa shape index (κ3) is 3.90. The van der Waals surface area contributed by atoms with E-state index < -0.39 is 0 Å². The van der Waals surface area contributed by atoms with Crippen LogP contribution in [0.3, 0.4) is 0 Å². The lowest BCUT2D eigenvalue weighted by atomic mass is 10.1.